The summed E-state index contributed by atoms with van der Waals surface area (Å²) in [4.78, 5) is 4.17. The van der Waals surface area contributed by atoms with Crippen LogP contribution in [0.3, 0.4) is 0 Å². The third-order valence-electron chi connectivity index (χ3n) is 1.73. The number of hydrogen-bond donors (Lipinski definition) is 2. The molecule has 4 nitrogen and oxygen atoms in total. The molecule has 4 heteroatoms. The fraction of sp³-hybridized carbons (Fsp3) is 0.200. The largest absolute Gasteiger partial charge is 0.325 e. The molecule has 0 radical (unpaired) electrons. The van der Waals surface area contributed by atoms with E-state index in [1.54, 1.807) is 6.21 Å². The zero-order valence-corrected chi connectivity index (χ0v) is 7.93. The minimum Gasteiger partial charge on any atom is -0.325 e. The number of benzene rings is 1. The molecule has 1 rings (SSSR count). The first-order valence-electron chi connectivity index (χ1n) is 4.37. The molecule has 74 valence electrons. The zero-order valence-electron chi connectivity index (χ0n) is 7.93. The van der Waals surface area contributed by atoms with Crippen LogP contribution in [0.4, 0.5) is 0 Å². The summed E-state index contributed by atoms with van der Waals surface area (Å²) in [7, 11) is 0. The van der Waals surface area contributed by atoms with E-state index < -0.39 is 0 Å². The Morgan fingerprint density at radius 3 is 2.57 bits per heavy atom. The minimum absolute atomic E-state index is 0.314. The Bertz CT molecular complexity index is 316. The minimum atomic E-state index is 0.314. The van der Waals surface area contributed by atoms with Crippen LogP contribution in [-0.2, 0) is 6.54 Å². The summed E-state index contributed by atoms with van der Waals surface area (Å²) in [6.07, 6.45) is 1.60. The fourth-order valence-electron chi connectivity index (χ4n) is 0.979. The Kier molecular flexibility index (Phi) is 4.37. The van der Waals surface area contributed by atoms with Crippen molar-refractivity contribution >= 4 is 11.9 Å². The van der Waals surface area contributed by atoms with Gasteiger partial charge in [-0.2, -0.15) is 5.10 Å². The topological polar surface area (TPSA) is 76.8 Å². The summed E-state index contributed by atoms with van der Waals surface area (Å²) in [5, 5.41) is 3.48. The van der Waals surface area contributed by atoms with Crippen molar-refractivity contribution in [2.24, 2.45) is 21.7 Å². The zero-order chi connectivity index (χ0) is 10.2. The molecule has 0 saturated carbocycles. The molecule has 0 spiro atoms. The van der Waals surface area contributed by atoms with Crippen molar-refractivity contribution in [3.8, 4) is 0 Å². The van der Waals surface area contributed by atoms with Crippen molar-refractivity contribution in [1.29, 1.82) is 0 Å². The Labute approximate surface area is 83.3 Å². The van der Waals surface area contributed by atoms with Gasteiger partial charge in [0.15, 0.2) is 0 Å². The quantitative estimate of drug-likeness (QED) is 0.413. The molecule has 0 bridgehead atoms. The highest BCUT2D eigenvalue weighted by Gasteiger charge is 1.90. The summed E-state index contributed by atoms with van der Waals surface area (Å²) in [6.45, 7) is 0.939. The summed E-state index contributed by atoms with van der Waals surface area (Å²) in [6, 6.07) is 9.95. The number of aliphatic imine (C=N–C) groups is 1. The van der Waals surface area contributed by atoms with Crippen LogP contribution >= 0.6 is 0 Å². The molecule has 0 aromatic heterocycles. The number of hydrogen-bond acceptors (Lipinski definition) is 4. The molecule has 0 amide bonds. The van der Waals surface area contributed by atoms with Gasteiger partial charge in [0.2, 0.25) is 0 Å². The number of hydrazone groups is 1. The number of nitrogens with two attached hydrogens (primary N) is 2. The first-order chi connectivity index (χ1) is 6.86. The molecule has 0 atom stereocenters. The normalized spacial score (nSPS) is 12.2. The molecule has 1 aromatic rings. The van der Waals surface area contributed by atoms with Gasteiger partial charge in [0.05, 0.1) is 12.3 Å². The van der Waals surface area contributed by atoms with Gasteiger partial charge in [-0.25, -0.2) is 0 Å². The fourth-order valence-corrected chi connectivity index (χ4v) is 0.979. The standard InChI is InChI=1S/C10H14N4/c11-6-10(14-12)8-13-7-9-4-2-1-3-5-9/h1-5,8H,6-7,11-12H2/b13-8?,14-10-. The lowest BCUT2D eigenvalue weighted by molar-refractivity contribution is 1.08. The summed E-state index contributed by atoms with van der Waals surface area (Å²) >= 11 is 0. The van der Waals surface area contributed by atoms with Gasteiger partial charge in [0, 0.05) is 12.8 Å². The van der Waals surface area contributed by atoms with Gasteiger partial charge in [-0.05, 0) is 5.56 Å². The predicted molar refractivity (Wildman–Crippen MR) is 59.3 cm³/mol. The molecule has 0 aliphatic heterocycles. The van der Waals surface area contributed by atoms with E-state index >= 15 is 0 Å². The number of rotatable bonds is 4. The average molecular weight is 190 g/mol. The lowest BCUT2D eigenvalue weighted by Crippen LogP contribution is -2.16. The van der Waals surface area contributed by atoms with Crippen LogP contribution in [-0.4, -0.2) is 18.5 Å². The molecule has 4 N–H and O–H groups in total. The van der Waals surface area contributed by atoms with Gasteiger partial charge in [-0.1, -0.05) is 30.3 Å². The van der Waals surface area contributed by atoms with Crippen LogP contribution < -0.4 is 11.6 Å². The Balaban J connectivity index is 2.49. The van der Waals surface area contributed by atoms with Crippen LogP contribution in [0.2, 0.25) is 0 Å². The van der Waals surface area contributed by atoms with Crippen molar-refractivity contribution < 1.29 is 0 Å². The van der Waals surface area contributed by atoms with Gasteiger partial charge in [0.25, 0.3) is 0 Å². The smallest absolute Gasteiger partial charge is 0.0913 e. The van der Waals surface area contributed by atoms with Crippen molar-refractivity contribution in [3.05, 3.63) is 35.9 Å². The molecule has 0 unspecified atom stereocenters. The van der Waals surface area contributed by atoms with E-state index in [2.05, 4.69) is 10.1 Å². The second-order valence-corrected chi connectivity index (χ2v) is 2.78. The summed E-state index contributed by atoms with van der Waals surface area (Å²) < 4.78 is 0. The molecule has 14 heavy (non-hydrogen) atoms. The van der Waals surface area contributed by atoms with E-state index in [0.717, 1.165) is 5.56 Å². The molecule has 0 aliphatic carbocycles. The van der Waals surface area contributed by atoms with Crippen molar-refractivity contribution in [3.63, 3.8) is 0 Å². The van der Waals surface area contributed by atoms with Crippen LogP contribution in [0.15, 0.2) is 40.4 Å². The van der Waals surface area contributed by atoms with Crippen LogP contribution in [0, 0.1) is 0 Å². The highest BCUT2D eigenvalue weighted by atomic mass is 15.1. The highest BCUT2D eigenvalue weighted by Crippen LogP contribution is 1.99. The third-order valence-corrected chi connectivity index (χ3v) is 1.73. The van der Waals surface area contributed by atoms with Gasteiger partial charge >= 0.3 is 0 Å². The summed E-state index contributed by atoms with van der Waals surface area (Å²) in [5.74, 6) is 5.08. The molecule has 1 aromatic carbocycles. The third kappa shape index (κ3) is 3.37. The van der Waals surface area contributed by atoms with E-state index in [4.69, 9.17) is 11.6 Å². The Morgan fingerprint density at radius 2 is 2.00 bits per heavy atom. The van der Waals surface area contributed by atoms with E-state index in [9.17, 15) is 0 Å². The van der Waals surface area contributed by atoms with Crippen LogP contribution in [0.25, 0.3) is 0 Å². The molecule has 0 heterocycles. The van der Waals surface area contributed by atoms with Gasteiger partial charge in [-0.3, -0.25) is 4.99 Å². The van der Waals surface area contributed by atoms with Gasteiger partial charge in [-0.15, -0.1) is 0 Å². The predicted octanol–water partition coefficient (Wildman–Crippen LogP) is 0.531. The molecule has 0 aliphatic rings. The van der Waals surface area contributed by atoms with Crippen molar-refractivity contribution in [2.75, 3.05) is 6.54 Å². The SMILES string of the molecule is NC/C(C=NCc1ccccc1)=N/N. The maximum absolute atomic E-state index is 5.36. The molecular weight excluding hydrogens is 176 g/mol. The monoisotopic (exact) mass is 190 g/mol. The second-order valence-electron chi connectivity index (χ2n) is 2.78. The lowest BCUT2D eigenvalue weighted by atomic mass is 10.2. The average Bonchev–Trinajstić information content (AvgIpc) is 2.26. The van der Waals surface area contributed by atoms with Gasteiger partial charge < -0.3 is 11.6 Å². The van der Waals surface area contributed by atoms with Crippen molar-refractivity contribution in [2.45, 2.75) is 6.54 Å². The van der Waals surface area contributed by atoms with Crippen LogP contribution in [0.5, 0.6) is 0 Å². The van der Waals surface area contributed by atoms with E-state index in [1.165, 1.54) is 0 Å². The molecule has 0 fully saturated rings. The van der Waals surface area contributed by atoms with E-state index in [0.29, 0.717) is 18.8 Å². The number of nitrogens with zero attached hydrogens (tertiary/aromatic N) is 2. The Hall–Kier alpha value is -1.68. The highest BCUT2D eigenvalue weighted by molar-refractivity contribution is 6.31. The first kappa shape index (κ1) is 10.4. The maximum Gasteiger partial charge on any atom is 0.0913 e. The van der Waals surface area contributed by atoms with Gasteiger partial charge in [0.1, 0.15) is 0 Å². The lowest BCUT2D eigenvalue weighted by Gasteiger charge is -1.95. The molecule has 0 saturated heterocycles. The van der Waals surface area contributed by atoms with E-state index in [1.807, 2.05) is 30.3 Å². The van der Waals surface area contributed by atoms with Crippen LogP contribution in [0.1, 0.15) is 5.56 Å². The summed E-state index contributed by atoms with van der Waals surface area (Å²) in [5.41, 5.74) is 7.11. The van der Waals surface area contributed by atoms with Crippen molar-refractivity contribution in [1.82, 2.24) is 0 Å². The first-order valence-corrected chi connectivity index (χ1v) is 4.37. The van der Waals surface area contributed by atoms with E-state index in [-0.39, 0.29) is 0 Å². The maximum atomic E-state index is 5.36. The molecular formula is C10H14N4. The second kappa shape index (κ2) is 5.88. The Morgan fingerprint density at radius 1 is 1.29 bits per heavy atom.